The van der Waals surface area contributed by atoms with E-state index in [2.05, 4.69) is 22.8 Å². The molecule has 0 bridgehead atoms. The van der Waals surface area contributed by atoms with E-state index in [9.17, 15) is 19.5 Å². The van der Waals surface area contributed by atoms with Crippen molar-refractivity contribution in [3.63, 3.8) is 0 Å². The number of benzene rings is 2. The van der Waals surface area contributed by atoms with Crippen LogP contribution >= 0.6 is 0 Å². The molecule has 2 unspecified atom stereocenters. The van der Waals surface area contributed by atoms with Crippen LogP contribution in [0, 0.1) is 5.92 Å². The number of fused-ring (bicyclic) bond motifs is 3. The summed E-state index contributed by atoms with van der Waals surface area (Å²) < 4.78 is 5.54. The molecule has 1 aliphatic carbocycles. The second-order valence-corrected chi connectivity index (χ2v) is 8.27. The van der Waals surface area contributed by atoms with Crippen molar-refractivity contribution < 1.29 is 29.3 Å². The SMILES string of the molecule is CCC(C)[C@H](NC(=O)OCC1c2ccccc2-c2ccccc21)C(=O)NCCC(O)C(=O)O. The highest BCUT2D eigenvalue weighted by atomic mass is 16.5. The molecule has 2 aromatic carbocycles. The fourth-order valence-corrected chi connectivity index (χ4v) is 4.03. The summed E-state index contributed by atoms with van der Waals surface area (Å²) in [6.45, 7) is 3.85. The number of ether oxygens (including phenoxy) is 1. The normalized spacial score (nSPS) is 15.0. The van der Waals surface area contributed by atoms with Crippen molar-refractivity contribution in [1.29, 1.82) is 0 Å². The largest absolute Gasteiger partial charge is 0.479 e. The number of hydrogen-bond donors (Lipinski definition) is 4. The molecule has 0 saturated heterocycles. The summed E-state index contributed by atoms with van der Waals surface area (Å²) in [5.74, 6) is -2.05. The lowest BCUT2D eigenvalue weighted by Gasteiger charge is -2.24. The molecule has 1 aliphatic rings. The van der Waals surface area contributed by atoms with Gasteiger partial charge in [0.05, 0.1) is 0 Å². The first-order valence-corrected chi connectivity index (χ1v) is 11.1. The molecule has 2 aromatic rings. The zero-order valence-electron chi connectivity index (χ0n) is 18.8. The van der Waals surface area contributed by atoms with Crippen molar-refractivity contribution >= 4 is 18.0 Å². The quantitative estimate of drug-likeness (QED) is 0.438. The van der Waals surface area contributed by atoms with Gasteiger partial charge in [-0.25, -0.2) is 9.59 Å². The van der Waals surface area contributed by atoms with E-state index < -0.39 is 30.1 Å². The summed E-state index contributed by atoms with van der Waals surface area (Å²) in [4.78, 5) is 35.9. The Labute approximate surface area is 193 Å². The fourth-order valence-electron chi connectivity index (χ4n) is 4.03. The number of carbonyl (C=O) groups excluding carboxylic acids is 2. The highest BCUT2D eigenvalue weighted by Crippen LogP contribution is 2.44. The maximum absolute atomic E-state index is 12.6. The van der Waals surface area contributed by atoms with Crippen LogP contribution in [0.4, 0.5) is 4.79 Å². The Hall–Kier alpha value is -3.39. The molecule has 0 aliphatic heterocycles. The molecule has 0 fully saturated rings. The van der Waals surface area contributed by atoms with Gasteiger partial charge in [0.1, 0.15) is 12.6 Å². The Kier molecular flexibility index (Phi) is 8.06. The van der Waals surface area contributed by atoms with Crippen LogP contribution in [0.1, 0.15) is 43.7 Å². The zero-order chi connectivity index (χ0) is 24.0. The van der Waals surface area contributed by atoms with Crippen LogP contribution in [0.25, 0.3) is 11.1 Å². The Morgan fingerprint density at radius 1 is 1.03 bits per heavy atom. The van der Waals surface area contributed by atoms with Crippen LogP contribution in [0.2, 0.25) is 0 Å². The van der Waals surface area contributed by atoms with Crippen LogP contribution in [0.5, 0.6) is 0 Å². The number of carboxylic acids is 1. The third-order valence-electron chi connectivity index (χ3n) is 6.11. The second-order valence-electron chi connectivity index (χ2n) is 8.27. The van der Waals surface area contributed by atoms with Crippen molar-refractivity contribution in [2.45, 2.75) is 44.8 Å². The van der Waals surface area contributed by atoms with Crippen molar-refractivity contribution in [2.24, 2.45) is 5.92 Å². The van der Waals surface area contributed by atoms with E-state index in [-0.39, 0.29) is 31.4 Å². The number of carbonyl (C=O) groups is 3. The van der Waals surface area contributed by atoms with E-state index in [1.807, 2.05) is 50.2 Å². The maximum Gasteiger partial charge on any atom is 0.407 e. The molecular weight excluding hydrogens is 424 g/mol. The standard InChI is InChI=1S/C25H30N2O6/c1-3-15(2)22(23(29)26-13-12-21(28)24(30)31)27-25(32)33-14-20-18-10-6-4-8-16(18)17-9-5-7-11-19(17)20/h4-11,15,20-22,28H,3,12-14H2,1-2H3,(H,26,29)(H,27,32)(H,30,31)/t15?,21?,22-/m0/s1. The summed E-state index contributed by atoms with van der Waals surface area (Å²) in [6, 6.07) is 15.2. The number of rotatable bonds is 10. The summed E-state index contributed by atoms with van der Waals surface area (Å²) in [5, 5.41) is 23.3. The number of aliphatic hydroxyl groups is 1. The maximum atomic E-state index is 12.6. The van der Waals surface area contributed by atoms with E-state index in [0.717, 1.165) is 22.3 Å². The average molecular weight is 455 g/mol. The number of carboxylic acid groups (broad SMARTS) is 1. The van der Waals surface area contributed by atoms with Gasteiger partial charge in [0, 0.05) is 18.9 Å². The minimum Gasteiger partial charge on any atom is -0.479 e. The van der Waals surface area contributed by atoms with Crippen molar-refractivity contribution in [2.75, 3.05) is 13.2 Å². The first-order chi connectivity index (χ1) is 15.8. The average Bonchev–Trinajstić information content (AvgIpc) is 3.14. The summed E-state index contributed by atoms with van der Waals surface area (Å²) in [5.41, 5.74) is 4.45. The highest BCUT2D eigenvalue weighted by Gasteiger charge is 2.31. The van der Waals surface area contributed by atoms with Crippen LogP contribution in [-0.2, 0) is 14.3 Å². The molecule has 0 saturated carbocycles. The lowest BCUT2D eigenvalue weighted by atomic mass is 9.98. The van der Waals surface area contributed by atoms with Gasteiger partial charge in [-0.3, -0.25) is 4.79 Å². The zero-order valence-corrected chi connectivity index (χ0v) is 18.8. The number of aliphatic hydroxyl groups excluding tert-OH is 1. The molecule has 33 heavy (non-hydrogen) atoms. The number of nitrogens with one attached hydrogen (secondary N) is 2. The minimum absolute atomic E-state index is 0.0222. The summed E-state index contributed by atoms with van der Waals surface area (Å²) in [7, 11) is 0. The van der Waals surface area contributed by atoms with E-state index in [4.69, 9.17) is 9.84 Å². The predicted octanol–water partition coefficient (Wildman–Crippen LogP) is 2.89. The molecule has 0 spiro atoms. The van der Waals surface area contributed by atoms with Gasteiger partial charge >= 0.3 is 12.1 Å². The van der Waals surface area contributed by atoms with Crippen LogP contribution in [-0.4, -0.2) is 53.5 Å². The van der Waals surface area contributed by atoms with Gasteiger partial charge in [-0.05, 0) is 28.2 Å². The van der Waals surface area contributed by atoms with Gasteiger partial charge in [-0.1, -0.05) is 68.8 Å². The molecule has 2 amide bonds. The van der Waals surface area contributed by atoms with Crippen LogP contribution in [0.3, 0.4) is 0 Å². The van der Waals surface area contributed by atoms with Crippen LogP contribution in [0.15, 0.2) is 48.5 Å². The number of aliphatic carboxylic acids is 1. The predicted molar refractivity (Wildman–Crippen MR) is 123 cm³/mol. The Balaban J connectivity index is 1.61. The smallest absolute Gasteiger partial charge is 0.407 e. The fraction of sp³-hybridized carbons (Fsp3) is 0.400. The van der Waals surface area contributed by atoms with E-state index >= 15 is 0 Å². The molecule has 3 rings (SSSR count). The van der Waals surface area contributed by atoms with Crippen LogP contribution < -0.4 is 10.6 Å². The van der Waals surface area contributed by atoms with Gasteiger partial charge < -0.3 is 25.6 Å². The molecule has 0 heterocycles. The van der Waals surface area contributed by atoms with Crippen molar-refractivity contribution in [1.82, 2.24) is 10.6 Å². The number of amides is 2. The second kappa shape index (κ2) is 11.0. The van der Waals surface area contributed by atoms with Gasteiger partial charge in [0.15, 0.2) is 6.10 Å². The van der Waals surface area contributed by atoms with Gasteiger partial charge in [-0.15, -0.1) is 0 Å². The number of alkyl carbamates (subject to hydrolysis) is 1. The third-order valence-corrected chi connectivity index (χ3v) is 6.11. The summed E-state index contributed by atoms with van der Waals surface area (Å²) >= 11 is 0. The minimum atomic E-state index is -1.55. The Morgan fingerprint density at radius 3 is 2.15 bits per heavy atom. The first-order valence-electron chi connectivity index (χ1n) is 11.1. The monoisotopic (exact) mass is 454 g/mol. The third kappa shape index (κ3) is 5.70. The first kappa shape index (κ1) is 24.3. The Bertz CT molecular complexity index is 962. The van der Waals surface area contributed by atoms with Gasteiger partial charge in [-0.2, -0.15) is 0 Å². The van der Waals surface area contributed by atoms with E-state index in [0.29, 0.717) is 6.42 Å². The molecule has 4 N–H and O–H groups in total. The van der Waals surface area contributed by atoms with Crippen molar-refractivity contribution in [3.05, 3.63) is 59.7 Å². The van der Waals surface area contributed by atoms with E-state index in [1.54, 1.807) is 0 Å². The molecule has 8 nitrogen and oxygen atoms in total. The van der Waals surface area contributed by atoms with Crippen molar-refractivity contribution in [3.8, 4) is 11.1 Å². The molecule has 0 radical (unpaired) electrons. The highest BCUT2D eigenvalue weighted by molar-refractivity contribution is 5.86. The molecule has 176 valence electrons. The van der Waals surface area contributed by atoms with Gasteiger partial charge in [0.2, 0.25) is 5.91 Å². The van der Waals surface area contributed by atoms with E-state index in [1.165, 1.54) is 0 Å². The molecular formula is C25H30N2O6. The Morgan fingerprint density at radius 2 is 1.61 bits per heavy atom. The summed E-state index contributed by atoms with van der Waals surface area (Å²) in [6.07, 6.45) is -1.73. The molecule has 8 heteroatoms. The topological polar surface area (TPSA) is 125 Å². The molecule has 3 atom stereocenters. The lowest BCUT2D eigenvalue weighted by molar-refractivity contribution is -0.147. The van der Waals surface area contributed by atoms with Gasteiger partial charge in [0.25, 0.3) is 0 Å². The molecule has 0 aromatic heterocycles. The lowest BCUT2D eigenvalue weighted by Crippen LogP contribution is -2.51. The number of hydrogen-bond acceptors (Lipinski definition) is 5.